The van der Waals surface area contributed by atoms with Crippen molar-refractivity contribution in [2.24, 2.45) is 0 Å². The molecule has 1 aromatic heterocycles. The van der Waals surface area contributed by atoms with E-state index in [-0.39, 0.29) is 17.7 Å². The number of morpholine rings is 1. The van der Waals surface area contributed by atoms with E-state index in [4.69, 9.17) is 4.74 Å². The van der Waals surface area contributed by atoms with Gasteiger partial charge in [-0.05, 0) is 43.3 Å². The van der Waals surface area contributed by atoms with E-state index in [1.807, 2.05) is 0 Å². The highest BCUT2D eigenvalue weighted by Crippen LogP contribution is 2.40. The summed E-state index contributed by atoms with van der Waals surface area (Å²) in [6, 6.07) is 5.19. The van der Waals surface area contributed by atoms with Crippen LogP contribution in [-0.2, 0) is 16.6 Å². The Kier molecular flexibility index (Phi) is 5.66. The minimum Gasteiger partial charge on any atom is -0.366 e. The SMILES string of the molecule is C[C@H]1N(C(=O)c2ccc(C(F)(F)F)cc2)CC(O)O[C@]1(c1ccc(F)cc1F)n1cncn1. The van der Waals surface area contributed by atoms with Crippen molar-refractivity contribution < 1.29 is 36.6 Å². The monoisotopic (exact) mass is 468 g/mol. The molecule has 1 N–H and O–H groups in total. The van der Waals surface area contributed by atoms with Crippen molar-refractivity contribution in [3.63, 3.8) is 0 Å². The van der Waals surface area contributed by atoms with Crippen molar-refractivity contribution in [3.05, 3.63) is 83.4 Å². The first kappa shape index (κ1) is 22.8. The van der Waals surface area contributed by atoms with Crippen LogP contribution in [0.25, 0.3) is 0 Å². The Morgan fingerprint density at radius 1 is 1.18 bits per heavy atom. The largest absolute Gasteiger partial charge is 0.416 e. The number of aliphatic hydroxyl groups excluding tert-OH is 1. The van der Waals surface area contributed by atoms with Crippen molar-refractivity contribution >= 4 is 5.91 Å². The van der Waals surface area contributed by atoms with Crippen LogP contribution in [0.3, 0.4) is 0 Å². The zero-order valence-electron chi connectivity index (χ0n) is 17.0. The number of benzene rings is 2. The topological polar surface area (TPSA) is 80.5 Å². The van der Waals surface area contributed by atoms with Crippen LogP contribution in [0, 0.1) is 11.6 Å². The minimum atomic E-state index is -4.58. The van der Waals surface area contributed by atoms with Gasteiger partial charge in [0.05, 0.1) is 18.2 Å². The summed E-state index contributed by atoms with van der Waals surface area (Å²) in [5.41, 5.74) is -3.20. The van der Waals surface area contributed by atoms with Crippen molar-refractivity contribution in [1.82, 2.24) is 19.7 Å². The predicted molar refractivity (Wildman–Crippen MR) is 102 cm³/mol. The first-order chi connectivity index (χ1) is 15.5. The fraction of sp³-hybridized carbons (Fsp3) is 0.286. The fourth-order valence-electron chi connectivity index (χ4n) is 3.92. The molecule has 1 aliphatic heterocycles. The lowest BCUT2D eigenvalue weighted by Crippen LogP contribution is -2.64. The number of hydrogen-bond acceptors (Lipinski definition) is 5. The van der Waals surface area contributed by atoms with E-state index >= 15 is 0 Å². The Morgan fingerprint density at radius 3 is 2.45 bits per heavy atom. The molecule has 0 bridgehead atoms. The number of halogens is 5. The number of aromatic nitrogens is 3. The fourth-order valence-corrected chi connectivity index (χ4v) is 3.92. The van der Waals surface area contributed by atoms with Gasteiger partial charge in [0.15, 0.2) is 6.29 Å². The molecular formula is C21H17F5N4O3. The number of rotatable bonds is 3. The highest BCUT2D eigenvalue weighted by molar-refractivity contribution is 5.94. The summed E-state index contributed by atoms with van der Waals surface area (Å²) in [5.74, 6) is -2.61. The number of amides is 1. The first-order valence-electron chi connectivity index (χ1n) is 9.69. The van der Waals surface area contributed by atoms with Crippen LogP contribution in [0.1, 0.15) is 28.4 Å². The lowest BCUT2D eigenvalue weighted by atomic mass is 9.91. The van der Waals surface area contributed by atoms with Crippen LogP contribution in [0.5, 0.6) is 0 Å². The molecule has 1 aliphatic rings. The molecule has 0 radical (unpaired) electrons. The molecule has 2 aromatic carbocycles. The Balaban J connectivity index is 1.79. The molecular weight excluding hydrogens is 451 g/mol. The average molecular weight is 468 g/mol. The molecule has 1 saturated heterocycles. The molecule has 12 heteroatoms. The number of carbonyl (C=O) groups excluding carboxylic acids is 1. The second-order valence-electron chi connectivity index (χ2n) is 7.44. The molecule has 0 spiro atoms. The third kappa shape index (κ3) is 3.95. The van der Waals surface area contributed by atoms with Gasteiger partial charge in [-0.15, -0.1) is 0 Å². The van der Waals surface area contributed by atoms with Gasteiger partial charge in [-0.1, -0.05) is 0 Å². The van der Waals surface area contributed by atoms with E-state index in [0.717, 1.165) is 52.3 Å². The van der Waals surface area contributed by atoms with Gasteiger partial charge in [0.2, 0.25) is 5.72 Å². The number of ether oxygens (including phenoxy) is 1. The maximum absolute atomic E-state index is 14.9. The van der Waals surface area contributed by atoms with Crippen molar-refractivity contribution in [2.45, 2.75) is 31.2 Å². The van der Waals surface area contributed by atoms with Gasteiger partial charge in [-0.3, -0.25) is 4.79 Å². The molecule has 174 valence electrons. The van der Waals surface area contributed by atoms with Crippen LogP contribution in [0.15, 0.2) is 55.1 Å². The van der Waals surface area contributed by atoms with E-state index in [9.17, 15) is 31.9 Å². The van der Waals surface area contributed by atoms with Crippen LogP contribution >= 0.6 is 0 Å². The van der Waals surface area contributed by atoms with Gasteiger partial charge in [0.1, 0.15) is 24.3 Å². The van der Waals surface area contributed by atoms with Crippen molar-refractivity contribution in [3.8, 4) is 0 Å². The Morgan fingerprint density at radius 2 is 1.88 bits per heavy atom. The third-order valence-corrected chi connectivity index (χ3v) is 5.50. The molecule has 7 nitrogen and oxygen atoms in total. The summed E-state index contributed by atoms with van der Waals surface area (Å²) in [6.45, 7) is 1.12. The van der Waals surface area contributed by atoms with Crippen molar-refractivity contribution in [2.75, 3.05) is 6.54 Å². The summed E-state index contributed by atoms with van der Waals surface area (Å²) in [5, 5.41) is 14.5. The van der Waals surface area contributed by atoms with Gasteiger partial charge < -0.3 is 14.7 Å². The number of aliphatic hydroxyl groups is 1. The maximum Gasteiger partial charge on any atom is 0.416 e. The number of carbonyl (C=O) groups is 1. The van der Waals surface area contributed by atoms with E-state index in [1.54, 1.807) is 0 Å². The van der Waals surface area contributed by atoms with Crippen LogP contribution in [0.2, 0.25) is 0 Å². The van der Waals surface area contributed by atoms with Gasteiger partial charge in [-0.25, -0.2) is 18.4 Å². The molecule has 4 rings (SSSR count). The summed E-state index contributed by atoms with van der Waals surface area (Å²) >= 11 is 0. The highest BCUT2D eigenvalue weighted by Gasteiger charge is 2.53. The number of nitrogens with zero attached hydrogens (tertiary/aromatic N) is 4. The van der Waals surface area contributed by atoms with Gasteiger partial charge in [0.25, 0.3) is 5.91 Å². The smallest absolute Gasteiger partial charge is 0.366 e. The first-order valence-corrected chi connectivity index (χ1v) is 9.69. The summed E-state index contributed by atoms with van der Waals surface area (Å²) < 4.78 is 73.9. The summed E-state index contributed by atoms with van der Waals surface area (Å²) in [6.07, 6.45) is -3.90. The van der Waals surface area contributed by atoms with E-state index in [2.05, 4.69) is 10.1 Å². The Bertz CT molecular complexity index is 1150. The molecule has 0 aliphatic carbocycles. The minimum absolute atomic E-state index is 0.0870. The number of hydrogen-bond donors (Lipinski definition) is 1. The second-order valence-corrected chi connectivity index (χ2v) is 7.44. The standard InChI is InChI=1S/C21H17F5N4O3/c1-12-20(30-11-27-10-28-30,16-7-6-15(22)8-17(16)23)33-18(31)9-29(12)19(32)13-2-4-14(5-3-13)21(24,25)26/h2-8,10-12,18,31H,9H2,1H3/t12-,18?,20-/m1/s1. The third-order valence-electron chi connectivity index (χ3n) is 5.50. The Labute approximate surface area is 184 Å². The van der Waals surface area contributed by atoms with Crippen LogP contribution < -0.4 is 0 Å². The van der Waals surface area contributed by atoms with E-state index < -0.39 is 47.3 Å². The zero-order chi connectivity index (χ0) is 24.0. The van der Waals surface area contributed by atoms with Gasteiger partial charge in [0, 0.05) is 17.2 Å². The van der Waals surface area contributed by atoms with Gasteiger partial charge in [-0.2, -0.15) is 18.3 Å². The molecule has 1 amide bonds. The number of β-amino-alcohol motifs (C(OH)–C–C–N with tert-alkyl or cyclic N) is 1. The molecule has 2 heterocycles. The molecule has 3 aromatic rings. The van der Waals surface area contributed by atoms with Crippen molar-refractivity contribution in [1.29, 1.82) is 0 Å². The van der Waals surface area contributed by atoms with Crippen LogP contribution in [-0.4, -0.2) is 49.6 Å². The average Bonchev–Trinajstić information content (AvgIpc) is 3.30. The molecule has 1 fully saturated rings. The van der Waals surface area contributed by atoms with E-state index in [0.29, 0.717) is 6.07 Å². The molecule has 1 unspecified atom stereocenters. The predicted octanol–water partition coefficient (Wildman–Crippen LogP) is 3.16. The molecule has 3 atom stereocenters. The maximum atomic E-state index is 14.9. The summed E-state index contributed by atoms with van der Waals surface area (Å²) in [4.78, 5) is 18.2. The highest BCUT2D eigenvalue weighted by atomic mass is 19.4. The second kappa shape index (κ2) is 8.19. The van der Waals surface area contributed by atoms with Gasteiger partial charge >= 0.3 is 6.18 Å². The van der Waals surface area contributed by atoms with Crippen LogP contribution in [0.4, 0.5) is 22.0 Å². The number of alkyl halides is 3. The van der Waals surface area contributed by atoms with E-state index in [1.165, 1.54) is 13.3 Å². The normalized spacial score (nSPS) is 23.5. The molecule has 33 heavy (non-hydrogen) atoms. The molecule has 0 saturated carbocycles. The lowest BCUT2D eigenvalue weighted by Gasteiger charge is -2.49. The quantitative estimate of drug-likeness (QED) is 0.598. The zero-order valence-corrected chi connectivity index (χ0v) is 17.0. The Hall–Kier alpha value is -3.38. The lowest BCUT2D eigenvalue weighted by molar-refractivity contribution is -0.265. The summed E-state index contributed by atoms with van der Waals surface area (Å²) in [7, 11) is 0.